The van der Waals surface area contributed by atoms with E-state index in [-0.39, 0.29) is 0 Å². The fourth-order valence-electron chi connectivity index (χ4n) is 1.26. The van der Waals surface area contributed by atoms with Crippen LogP contribution in [0.1, 0.15) is 38.4 Å². The molecule has 62 valence electrons. The number of hydrogen-bond donors (Lipinski definition) is 0. The summed E-state index contributed by atoms with van der Waals surface area (Å²) in [5.41, 5.74) is 0. The summed E-state index contributed by atoms with van der Waals surface area (Å²) in [5, 5.41) is 0. The second-order valence-electron chi connectivity index (χ2n) is 2.65. The second-order valence-corrected chi connectivity index (χ2v) is 3.50. The number of halogens is 1. The standard InChI is InChI=1S/C9H13BrO/c1-3-7(4-2)9-8(10)5-6-11-9/h5-7H,3-4H2,1-2H3. The number of hydrogen-bond acceptors (Lipinski definition) is 1. The predicted octanol–water partition coefficient (Wildman–Crippen LogP) is 3.95. The van der Waals surface area contributed by atoms with Crippen LogP contribution in [-0.2, 0) is 0 Å². The van der Waals surface area contributed by atoms with Crippen molar-refractivity contribution in [3.8, 4) is 0 Å². The van der Waals surface area contributed by atoms with E-state index in [9.17, 15) is 0 Å². The third-order valence-electron chi connectivity index (χ3n) is 2.00. The van der Waals surface area contributed by atoms with Gasteiger partial charge in [-0.05, 0) is 34.8 Å². The Balaban J connectivity index is 2.81. The lowest BCUT2D eigenvalue weighted by molar-refractivity contribution is 0.445. The van der Waals surface area contributed by atoms with Crippen LogP contribution in [0, 0.1) is 0 Å². The van der Waals surface area contributed by atoms with Crippen LogP contribution < -0.4 is 0 Å². The van der Waals surface area contributed by atoms with Gasteiger partial charge in [0.05, 0.1) is 10.7 Å². The summed E-state index contributed by atoms with van der Waals surface area (Å²) in [6, 6.07) is 1.95. The van der Waals surface area contributed by atoms with Crippen molar-refractivity contribution in [2.24, 2.45) is 0 Å². The highest BCUT2D eigenvalue weighted by molar-refractivity contribution is 9.10. The summed E-state index contributed by atoms with van der Waals surface area (Å²) in [4.78, 5) is 0. The monoisotopic (exact) mass is 216 g/mol. The van der Waals surface area contributed by atoms with Gasteiger partial charge in [0.15, 0.2) is 0 Å². The molecule has 0 bridgehead atoms. The third kappa shape index (κ3) is 1.86. The lowest BCUT2D eigenvalue weighted by atomic mass is 10.0. The van der Waals surface area contributed by atoms with Gasteiger partial charge in [-0.15, -0.1) is 0 Å². The van der Waals surface area contributed by atoms with Gasteiger partial charge in [0, 0.05) is 5.92 Å². The van der Waals surface area contributed by atoms with E-state index in [2.05, 4.69) is 29.8 Å². The van der Waals surface area contributed by atoms with E-state index in [4.69, 9.17) is 4.42 Å². The second kappa shape index (κ2) is 3.96. The van der Waals surface area contributed by atoms with Crippen molar-refractivity contribution in [1.82, 2.24) is 0 Å². The summed E-state index contributed by atoms with van der Waals surface area (Å²) in [6.45, 7) is 4.37. The first-order valence-electron chi connectivity index (χ1n) is 4.02. The van der Waals surface area contributed by atoms with Crippen LogP contribution in [0.15, 0.2) is 21.2 Å². The fraction of sp³-hybridized carbons (Fsp3) is 0.556. The third-order valence-corrected chi connectivity index (χ3v) is 2.66. The van der Waals surface area contributed by atoms with Gasteiger partial charge in [-0.25, -0.2) is 0 Å². The summed E-state index contributed by atoms with van der Waals surface area (Å²) in [6.07, 6.45) is 4.02. The maximum absolute atomic E-state index is 5.36. The van der Waals surface area contributed by atoms with E-state index < -0.39 is 0 Å². The average molecular weight is 217 g/mol. The van der Waals surface area contributed by atoms with Crippen molar-refractivity contribution in [1.29, 1.82) is 0 Å². The van der Waals surface area contributed by atoms with Crippen LogP contribution in [0.4, 0.5) is 0 Å². The quantitative estimate of drug-likeness (QED) is 0.747. The molecule has 1 heterocycles. The Kier molecular flexibility index (Phi) is 3.18. The van der Waals surface area contributed by atoms with Crippen molar-refractivity contribution in [2.45, 2.75) is 32.6 Å². The number of rotatable bonds is 3. The predicted molar refractivity (Wildman–Crippen MR) is 49.7 cm³/mol. The SMILES string of the molecule is CCC(CC)c1occc1Br. The molecule has 1 nitrogen and oxygen atoms in total. The largest absolute Gasteiger partial charge is 0.468 e. The van der Waals surface area contributed by atoms with Crippen molar-refractivity contribution in [3.63, 3.8) is 0 Å². The van der Waals surface area contributed by atoms with Gasteiger partial charge in [-0.3, -0.25) is 0 Å². The summed E-state index contributed by atoms with van der Waals surface area (Å²) < 4.78 is 6.46. The summed E-state index contributed by atoms with van der Waals surface area (Å²) in [5.74, 6) is 1.66. The molecule has 1 rings (SSSR count). The van der Waals surface area contributed by atoms with Crippen LogP contribution in [0.3, 0.4) is 0 Å². The normalized spacial score (nSPS) is 10.9. The topological polar surface area (TPSA) is 13.1 Å². The Bertz CT molecular complexity index is 213. The molecule has 11 heavy (non-hydrogen) atoms. The van der Waals surface area contributed by atoms with Crippen molar-refractivity contribution in [2.75, 3.05) is 0 Å². The first-order chi connectivity index (χ1) is 5.29. The van der Waals surface area contributed by atoms with Gasteiger partial charge < -0.3 is 4.42 Å². The zero-order valence-corrected chi connectivity index (χ0v) is 8.52. The van der Waals surface area contributed by atoms with E-state index in [1.54, 1.807) is 6.26 Å². The molecule has 0 saturated carbocycles. The first-order valence-corrected chi connectivity index (χ1v) is 4.81. The van der Waals surface area contributed by atoms with E-state index in [1.165, 1.54) is 0 Å². The smallest absolute Gasteiger partial charge is 0.120 e. The van der Waals surface area contributed by atoms with Crippen LogP contribution in [0.5, 0.6) is 0 Å². The van der Waals surface area contributed by atoms with Crippen LogP contribution in [0.25, 0.3) is 0 Å². The number of furan rings is 1. The molecular formula is C9H13BrO. The molecule has 0 N–H and O–H groups in total. The van der Waals surface area contributed by atoms with Crippen molar-refractivity contribution >= 4 is 15.9 Å². The Labute approximate surface area is 75.9 Å². The molecule has 0 unspecified atom stereocenters. The minimum absolute atomic E-state index is 0.569. The van der Waals surface area contributed by atoms with E-state index >= 15 is 0 Å². The van der Waals surface area contributed by atoms with Gasteiger partial charge in [0.25, 0.3) is 0 Å². The molecule has 0 fully saturated rings. The Morgan fingerprint density at radius 2 is 2.09 bits per heavy atom. The average Bonchev–Trinajstić information content (AvgIpc) is 2.40. The van der Waals surface area contributed by atoms with Crippen molar-refractivity contribution < 1.29 is 4.42 Å². The fourth-order valence-corrected chi connectivity index (χ4v) is 1.78. The molecule has 0 atom stereocenters. The van der Waals surface area contributed by atoms with Crippen molar-refractivity contribution in [3.05, 3.63) is 22.6 Å². The zero-order chi connectivity index (χ0) is 8.27. The minimum Gasteiger partial charge on any atom is -0.468 e. The van der Waals surface area contributed by atoms with Crippen LogP contribution in [0.2, 0.25) is 0 Å². The molecule has 0 aromatic carbocycles. The van der Waals surface area contributed by atoms with Gasteiger partial charge in [0.1, 0.15) is 5.76 Å². The van der Waals surface area contributed by atoms with E-state index in [1.807, 2.05) is 6.07 Å². The zero-order valence-electron chi connectivity index (χ0n) is 6.93. The molecule has 0 saturated heterocycles. The highest BCUT2D eigenvalue weighted by Gasteiger charge is 2.13. The Morgan fingerprint density at radius 3 is 2.45 bits per heavy atom. The molecule has 0 aliphatic heterocycles. The molecule has 2 heteroatoms. The molecule has 0 spiro atoms. The summed E-state index contributed by atoms with van der Waals surface area (Å²) in [7, 11) is 0. The maximum atomic E-state index is 5.36. The van der Waals surface area contributed by atoms with Gasteiger partial charge in [-0.1, -0.05) is 13.8 Å². The van der Waals surface area contributed by atoms with Gasteiger partial charge in [0.2, 0.25) is 0 Å². The minimum atomic E-state index is 0.569. The summed E-state index contributed by atoms with van der Waals surface area (Å²) >= 11 is 3.45. The van der Waals surface area contributed by atoms with Gasteiger partial charge >= 0.3 is 0 Å². The molecule has 0 amide bonds. The highest BCUT2D eigenvalue weighted by atomic mass is 79.9. The first kappa shape index (κ1) is 8.85. The molecule has 1 aromatic heterocycles. The van der Waals surface area contributed by atoms with Crippen LogP contribution in [-0.4, -0.2) is 0 Å². The highest BCUT2D eigenvalue weighted by Crippen LogP contribution is 2.30. The lowest BCUT2D eigenvalue weighted by Crippen LogP contribution is -1.93. The van der Waals surface area contributed by atoms with E-state index in [0.29, 0.717) is 5.92 Å². The molecule has 0 radical (unpaired) electrons. The molecule has 1 aromatic rings. The molecule has 0 aliphatic rings. The van der Waals surface area contributed by atoms with E-state index in [0.717, 1.165) is 23.1 Å². The Morgan fingerprint density at radius 1 is 1.45 bits per heavy atom. The van der Waals surface area contributed by atoms with Gasteiger partial charge in [-0.2, -0.15) is 0 Å². The molecular weight excluding hydrogens is 204 g/mol. The maximum Gasteiger partial charge on any atom is 0.120 e. The van der Waals surface area contributed by atoms with Crippen LogP contribution >= 0.6 is 15.9 Å². The lowest BCUT2D eigenvalue weighted by Gasteiger charge is -2.08. The molecule has 0 aliphatic carbocycles. The Hall–Kier alpha value is -0.240.